The Bertz CT molecular complexity index is 1490. The number of hydrogen-bond acceptors (Lipinski definition) is 7. The standard InChI is InChI=1S/C25H23N7O2/c1-14(2)32-25-20(22(30-32)24-29-17-5-3-4-6-18(17)33-24)19(21(26)23(27)34-25)15-7-9-16(10-8-15)31-12-11-28-13-31/h3-14,19H,26-27H2,1-2H3. The van der Waals surface area contributed by atoms with Gasteiger partial charge in [0.15, 0.2) is 11.3 Å². The molecular weight excluding hydrogens is 430 g/mol. The number of para-hydroxylation sites is 2. The van der Waals surface area contributed by atoms with Crippen LogP contribution in [-0.2, 0) is 0 Å². The van der Waals surface area contributed by atoms with E-state index < -0.39 is 0 Å². The molecule has 0 spiro atoms. The summed E-state index contributed by atoms with van der Waals surface area (Å²) in [6.07, 6.45) is 5.39. The first-order chi connectivity index (χ1) is 16.5. The monoisotopic (exact) mass is 453 g/mol. The fourth-order valence-electron chi connectivity index (χ4n) is 4.33. The largest absolute Gasteiger partial charge is 0.435 e. The van der Waals surface area contributed by atoms with Gasteiger partial charge in [0.1, 0.15) is 5.52 Å². The third-order valence-electron chi connectivity index (χ3n) is 6.01. The number of aromatic nitrogens is 5. The first-order valence-corrected chi connectivity index (χ1v) is 11.0. The van der Waals surface area contributed by atoms with E-state index >= 15 is 0 Å². The van der Waals surface area contributed by atoms with E-state index in [0.29, 0.717) is 28.7 Å². The van der Waals surface area contributed by atoms with Crippen LogP contribution < -0.4 is 16.2 Å². The van der Waals surface area contributed by atoms with Crippen LogP contribution in [0.4, 0.5) is 0 Å². The Morgan fingerprint density at radius 3 is 2.53 bits per heavy atom. The van der Waals surface area contributed by atoms with Crippen molar-refractivity contribution in [2.45, 2.75) is 25.8 Å². The van der Waals surface area contributed by atoms with Crippen molar-refractivity contribution in [2.24, 2.45) is 11.5 Å². The smallest absolute Gasteiger partial charge is 0.248 e. The average Bonchev–Trinajstić information content (AvgIpc) is 3.58. The lowest BCUT2D eigenvalue weighted by Gasteiger charge is -2.26. The van der Waals surface area contributed by atoms with Crippen molar-refractivity contribution in [3.63, 3.8) is 0 Å². The van der Waals surface area contributed by atoms with Crippen molar-refractivity contribution in [1.82, 2.24) is 24.3 Å². The minimum atomic E-state index is -0.377. The minimum absolute atomic E-state index is 0.0169. The van der Waals surface area contributed by atoms with Gasteiger partial charge in [0.2, 0.25) is 17.7 Å². The summed E-state index contributed by atoms with van der Waals surface area (Å²) in [5.41, 5.74) is 17.9. The van der Waals surface area contributed by atoms with E-state index in [1.807, 2.05) is 73.1 Å². The Morgan fingerprint density at radius 1 is 1.03 bits per heavy atom. The molecule has 5 aromatic rings. The van der Waals surface area contributed by atoms with E-state index in [1.54, 1.807) is 17.2 Å². The molecule has 4 heterocycles. The third kappa shape index (κ3) is 3.05. The summed E-state index contributed by atoms with van der Waals surface area (Å²) >= 11 is 0. The normalized spacial score (nSPS) is 15.7. The van der Waals surface area contributed by atoms with Gasteiger partial charge < -0.3 is 25.2 Å². The van der Waals surface area contributed by atoms with Crippen LogP contribution in [0.15, 0.2) is 83.2 Å². The second-order valence-electron chi connectivity index (χ2n) is 8.51. The third-order valence-corrected chi connectivity index (χ3v) is 6.01. The number of rotatable bonds is 4. The zero-order valence-electron chi connectivity index (χ0n) is 18.7. The van der Waals surface area contributed by atoms with Gasteiger partial charge in [-0.25, -0.2) is 14.6 Å². The number of ether oxygens (including phenoxy) is 1. The molecule has 3 aromatic heterocycles. The van der Waals surface area contributed by atoms with Crippen LogP contribution in [-0.4, -0.2) is 24.3 Å². The Morgan fingerprint density at radius 2 is 1.82 bits per heavy atom. The molecule has 0 amide bonds. The number of benzene rings is 2. The molecule has 0 saturated heterocycles. The Labute approximate surface area is 195 Å². The molecule has 34 heavy (non-hydrogen) atoms. The number of allylic oxidation sites excluding steroid dienone is 1. The molecule has 1 unspecified atom stereocenters. The molecule has 4 N–H and O–H groups in total. The lowest BCUT2D eigenvalue weighted by Crippen LogP contribution is -2.27. The van der Waals surface area contributed by atoms with Gasteiger partial charge in [-0.2, -0.15) is 5.10 Å². The zero-order valence-corrected chi connectivity index (χ0v) is 18.7. The second-order valence-corrected chi connectivity index (χ2v) is 8.51. The number of nitrogens with zero attached hydrogens (tertiary/aromatic N) is 5. The van der Waals surface area contributed by atoms with E-state index in [1.165, 1.54) is 0 Å². The number of hydrogen-bond donors (Lipinski definition) is 2. The molecule has 6 rings (SSSR count). The van der Waals surface area contributed by atoms with Gasteiger partial charge in [-0.05, 0) is 43.7 Å². The fourth-order valence-corrected chi connectivity index (χ4v) is 4.33. The summed E-state index contributed by atoms with van der Waals surface area (Å²) in [6.45, 7) is 4.05. The van der Waals surface area contributed by atoms with E-state index in [9.17, 15) is 0 Å². The highest BCUT2D eigenvalue weighted by Gasteiger charge is 2.38. The van der Waals surface area contributed by atoms with E-state index in [-0.39, 0.29) is 17.8 Å². The first kappa shape index (κ1) is 20.1. The molecular formula is C25H23N7O2. The van der Waals surface area contributed by atoms with E-state index in [4.69, 9.17) is 25.7 Å². The van der Waals surface area contributed by atoms with Crippen molar-refractivity contribution < 1.29 is 9.15 Å². The maximum atomic E-state index is 6.54. The molecule has 0 radical (unpaired) electrons. The van der Waals surface area contributed by atoms with Gasteiger partial charge in [0.05, 0.1) is 29.5 Å². The summed E-state index contributed by atoms with van der Waals surface area (Å²) in [7, 11) is 0. The van der Waals surface area contributed by atoms with Crippen LogP contribution in [0.25, 0.3) is 28.4 Å². The van der Waals surface area contributed by atoms with Crippen LogP contribution in [0.5, 0.6) is 5.88 Å². The Balaban J connectivity index is 1.55. The van der Waals surface area contributed by atoms with Gasteiger partial charge >= 0.3 is 0 Å². The molecule has 0 fully saturated rings. The SMILES string of the molecule is CC(C)n1nc(-c2nc3ccccc3o2)c2c1OC(N)=C(N)C2c1ccc(-n2ccnc2)cc1. The van der Waals surface area contributed by atoms with Crippen LogP contribution in [0.2, 0.25) is 0 Å². The van der Waals surface area contributed by atoms with Gasteiger partial charge in [0, 0.05) is 18.1 Å². The molecule has 0 aliphatic carbocycles. The van der Waals surface area contributed by atoms with Crippen LogP contribution >= 0.6 is 0 Å². The maximum Gasteiger partial charge on any atom is 0.248 e. The lowest BCUT2D eigenvalue weighted by molar-refractivity contribution is 0.331. The Hall–Kier alpha value is -4.53. The van der Waals surface area contributed by atoms with Crippen molar-refractivity contribution in [2.75, 3.05) is 0 Å². The van der Waals surface area contributed by atoms with E-state index in [0.717, 1.165) is 22.3 Å². The first-order valence-electron chi connectivity index (χ1n) is 11.0. The molecule has 0 bridgehead atoms. The quantitative estimate of drug-likeness (QED) is 0.420. The van der Waals surface area contributed by atoms with Crippen LogP contribution in [0.3, 0.4) is 0 Å². The second kappa shape index (κ2) is 7.51. The molecule has 9 heteroatoms. The Kier molecular flexibility index (Phi) is 4.44. The maximum absolute atomic E-state index is 6.54. The highest BCUT2D eigenvalue weighted by molar-refractivity contribution is 5.77. The van der Waals surface area contributed by atoms with Crippen molar-refractivity contribution in [3.8, 4) is 23.2 Å². The molecule has 0 saturated carbocycles. The highest BCUT2D eigenvalue weighted by Crippen LogP contribution is 2.46. The molecule has 1 atom stereocenters. The van der Waals surface area contributed by atoms with Crippen LogP contribution in [0.1, 0.15) is 36.9 Å². The van der Waals surface area contributed by atoms with E-state index in [2.05, 4.69) is 9.97 Å². The molecule has 1 aliphatic heterocycles. The summed E-state index contributed by atoms with van der Waals surface area (Å²) in [4.78, 5) is 8.81. The number of imidazole rings is 1. The fraction of sp³-hybridized carbons (Fsp3) is 0.160. The predicted octanol–water partition coefficient (Wildman–Crippen LogP) is 4.07. The predicted molar refractivity (Wildman–Crippen MR) is 127 cm³/mol. The van der Waals surface area contributed by atoms with Gasteiger partial charge in [-0.3, -0.25) is 0 Å². The topological polar surface area (TPSA) is 123 Å². The van der Waals surface area contributed by atoms with Gasteiger partial charge in [-0.15, -0.1) is 0 Å². The van der Waals surface area contributed by atoms with Crippen LogP contribution in [0, 0.1) is 0 Å². The minimum Gasteiger partial charge on any atom is -0.435 e. The number of oxazole rings is 1. The van der Waals surface area contributed by atoms with Gasteiger partial charge in [0.25, 0.3) is 0 Å². The lowest BCUT2D eigenvalue weighted by atomic mass is 9.87. The summed E-state index contributed by atoms with van der Waals surface area (Å²) in [5.74, 6) is 0.747. The summed E-state index contributed by atoms with van der Waals surface area (Å²) in [5, 5.41) is 4.84. The highest BCUT2D eigenvalue weighted by atomic mass is 16.5. The van der Waals surface area contributed by atoms with Crippen molar-refractivity contribution >= 4 is 11.1 Å². The molecule has 2 aromatic carbocycles. The number of fused-ring (bicyclic) bond motifs is 2. The van der Waals surface area contributed by atoms with Crippen molar-refractivity contribution in [1.29, 1.82) is 0 Å². The number of nitrogens with two attached hydrogens (primary N) is 2. The summed E-state index contributed by atoms with van der Waals surface area (Å²) < 4.78 is 15.8. The average molecular weight is 454 g/mol. The van der Waals surface area contributed by atoms with Gasteiger partial charge in [-0.1, -0.05) is 24.3 Å². The summed E-state index contributed by atoms with van der Waals surface area (Å²) in [6, 6.07) is 15.7. The molecule has 170 valence electrons. The molecule has 1 aliphatic rings. The van der Waals surface area contributed by atoms with Crippen molar-refractivity contribution in [3.05, 3.63) is 90.0 Å². The zero-order chi connectivity index (χ0) is 23.4. The molecule has 9 nitrogen and oxygen atoms in total.